The van der Waals surface area contributed by atoms with Crippen molar-refractivity contribution in [2.45, 2.75) is 13.1 Å². The highest BCUT2D eigenvalue weighted by molar-refractivity contribution is 9.10. The second-order valence-electron chi connectivity index (χ2n) is 4.94. The second-order valence-corrected chi connectivity index (χ2v) is 5.85. The first-order valence-corrected chi connectivity index (χ1v) is 7.21. The van der Waals surface area contributed by atoms with Crippen LogP contribution in [0.25, 0.3) is 0 Å². The molecule has 0 bridgehead atoms. The van der Waals surface area contributed by atoms with Crippen LogP contribution in [-0.4, -0.2) is 16.9 Å². The predicted molar refractivity (Wildman–Crippen MR) is 86.8 cm³/mol. The van der Waals surface area contributed by atoms with Crippen molar-refractivity contribution in [2.75, 3.05) is 12.8 Å². The SMILES string of the molecule is CN(Cc1ccc(Br)cc1)Cc1cc([N+](=O)[O-])ccc1N. The van der Waals surface area contributed by atoms with Gasteiger partial charge in [0.25, 0.3) is 5.69 Å². The molecule has 21 heavy (non-hydrogen) atoms. The van der Waals surface area contributed by atoms with E-state index < -0.39 is 4.92 Å². The maximum absolute atomic E-state index is 10.8. The van der Waals surface area contributed by atoms with Crippen LogP contribution in [0.5, 0.6) is 0 Å². The molecule has 0 aliphatic rings. The molecule has 0 saturated carbocycles. The first-order valence-electron chi connectivity index (χ1n) is 6.41. The highest BCUT2D eigenvalue weighted by Crippen LogP contribution is 2.21. The van der Waals surface area contributed by atoms with E-state index in [1.165, 1.54) is 17.7 Å². The molecular formula is C15H16BrN3O2. The van der Waals surface area contributed by atoms with Gasteiger partial charge in [-0.15, -0.1) is 0 Å². The fourth-order valence-corrected chi connectivity index (χ4v) is 2.36. The van der Waals surface area contributed by atoms with E-state index in [2.05, 4.69) is 20.8 Å². The topological polar surface area (TPSA) is 72.4 Å². The number of halogens is 1. The number of anilines is 1. The molecule has 110 valence electrons. The largest absolute Gasteiger partial charge is 0.398 e. The van der Waals surface area contributed by atoms with E-state index in [1.807, 2.05) is 31.3 Å². The molecule has 6 heteroatoms. The van der Waals surface area contributed by atoms with Gasteiger partial charge in [-0.3, -0.25) is 15.0 Å². The highest BCUT2D eigenvalue weighted by Gasteiger charge is 2.11. The third-order valence-corrected chi connectivity index (χ3v) is 3.67. The number of hydrogen-bond donors (Lipinski definition) is 1. The van der Waals surface area contributed by atoms with Crippen molar-refractivity contribution in [3.63, 3.8) is 0 Å². The number of rotatable bonds is 5. The van der Waals surface area contributed by atoms with Gasteiger partial charge in [0.2, 0.25) is 0 Å². The summed E-state index contributed by atoms with van der Waals surface area (Å²) in [5.41, 5.74) is 8.47. The van der Waals surface area contributed by atoms with Crippen LogP contribution in [-0.2, 0) is 13.1 Å². The van der Waals surface area contributed by atoms with Gasteiger partial charge in [-0.1, -0.05) is 28.1 Å². The van der Waals surface area contributed by atoms with E-state index in [-0.39, 0.29) is 5.69 Å². The Morgan fingerprint density at radius 3 is 2.48 bits per heavy atom. The number of benzene rings is 2. The van der Waals surface area contributed by atoms with Gasteiger partial charge in [0.1, 0.15) is 0 Å². The van der Waals surface area contributed by atoms with Crippen LogP contribution in [0.2, 0.25) is 0 Å². The van der Waals surface area contributed by atoms with Crippen molar-refractivity contribution in [3.8, 4) is 0 Å². The lowest BCUT2D eigenvalue weighted by Gasteiger charge is -2.18. The molecule has 0 aromatic heterocycles. The Morgan fingerprint density at radius 2 is 1.86 bits per heavy atom. The molecule has 0 fully saturated rings. The van der Waals surface area contributed by atoms with Crippen molar-refractivity contribution in [1.29, 1.82) is 0 Å². The van der Waals surface area contributed by atoms with Crippen molar-refractivity contribution in [3.05, 3.63) is 68.2 Å². The molecule has 0 radical (unpaired) electrons. The zero-order chi connectivity index (χ0) is 15.4. The van der Waals surface area contributed by atoms with Crippen molar-refractivity contribution < 1.29 is 4.92 Å². The average Bonchev–Trinajstić information content (AvgIpc) is 2.43. The number of nitrogen functional groups attached to an aromatic ring is 1. The molecular weight excluding hydrogens is 334 g/mol. The first kappa shape index (κ1) is 15.5. The van der Waals surface area contributed by atoms with Crippen LogP contribution < -0.4 is 5.73 Å². The predicted octanol–water partition coefficient (Wildman–Crippen LogP) is 3.57. The third kappa shape index (κ3) is 4.27. The molecule has 0 aliphatic heterocycles. The van der Waals surface area contributed by atoms with Gasteiger partial charge in [0.05, 0.1) is 4.92 Å². The Balaban J connectivity index is 2.08. The molecule has 0 amide bonds. The second kappa shape index (κ2) is 6.69. The summed E-state index contributed by atoms with van der Waals surface area (Å²) in [5.74, 6) is 0. The molecule has 0 saturated heterocycles. The molecule has 2 N–H and O–H groups in total. The molecule has 5 nitrogen and oxygen atoms in total. The Bertz CT molecular complexity index is 644. The van der Waals surface area contributed by atoms with E-state index in [4.69, 9.17) is 5.73 Å². The van der Waals surface area contributed by atoms with E-state index in [0.29, 0.717) is 12.2 Å². The summed E-state index contributed by atoms with van der Waals surface area (Å²) in [4.78, 5) is 12.5. The number of non-ortho nitro benzene ring substituents is 1. The Hall–Kier alpha value is -1.92. The summed E-state index contributed by atoms with van der Waals surface area (Å²) in [6, 6.07) is 12.6. The number of nitrogens with two attached hydrogens (primary N) is 1. The summed E-state index contributed by atoms with van der Waals surface area (Å²) in [5, 5.41) is 10.8. The maximum Gasteiger partial charge on any atom is 0.269 e. The zero-order valence-electron chi connectivity index (χ0n) is 11.6. The number of nitro groups is 1. The lowest BCUT2D eigenvalue weighted by Crippen LogP contribution is -2.18. The van der Waals surface area contributed by atoms with Gasteiger partial charge in [-0.05, 0) is 36.4 Å². The van der Waals surface area contributed by atoms with Crippen LogP contribution in [0.3, 0.4) is 0 Å². The molecule has 0 aliphatic carbocycles. The number of hydrogen-bond acceptors (Lipinski definition) is 4. The molecule has 2 rings (SSSR count). The van der Waals surface area contributed by atoms with E-state index >= 15 is 0 Å². The van der Waals surface area contributed by atoms with E-state index in [0.717, 1.165) is 16.6 Å². The van der Waals surface area contributed by atoms with Crippen LogP contribution in [0.4, 0.5) is 11.4 Å². The van der Waals surface area contributed by atoms with Gasteiger partial charge in [0.15, 0.2) is 0 Å². The molecule has 0 unspecified atom stereocenters. The van der Waals surface area contributed by atoms with Gasteiger partial charge in [-0.25, -0.2) is 0 Å². The van der Waals surface area contributed by atoms with Crippen LogP contribution >= 0.6 is 15.9 Å². The summed E-state index contributed by atoms with van der Waals surface area (Å²) in [6.07, 6.45) is 0. The van der Waals surface area contributed by atoms with Gasteiger partial charge in [-0.2, -0.15) is 0 Å². The molecule has 0 heterocycles. The number of nitro benzene ring substituents is 1. The quantitative estimate of drug-likeness (QED) is 0.508. The molecule has 0 spiro atoms. The van der Waals surface area contributed by atoms with Crippen LogP contribution in [0.1, 0.15) is 11.1 Å². The van der Waals surface area contributed by atoms with Gasteiger partial charge >= 0.3 is 0 Å². The average molecular weight is 350 g/mol. The maximum atomic E-state index is 10.8. The van der Waals surface area contributed by atoms with Gasteiger partial charge < -0.3 is 5.73 Å². The first-order chi connectivity index (χ1) is 9.95. The summed E-state index contributed by atoms with van der Waals surface area (Å²) in [7, 11) is 1.96. The summed E-state index contributed by atoms with van der Waals surface area (Å²) in [6.45, 7) is 1.30. The van der Waals surface area contributed by atoms with Crippen molar-refractivity contribution in [2.24, 2.45) is 0 Å². The van der Waals surface area contributed by atoms with Crippen molar-refractivity contribution in [1.82, 2.24) is 4.90 Å². The monoisotopic (exact) mass is 349 g/mol. The van der Waals surface area contributed by atoms with Crippen molar-refractivity contribution >= 4 is 27.3 Å². The Kier molecular flexibility index (Phi) is 4.93. The summed E-state index contributed by atoms with van der Waals surface area (Å²) >= 11 is 3.40. The highest BCUT2D eigenvalue weighted by atomic mass is 79.9. The minimum atomic E-state index is -0.405. The third-order valence-electron chi connectivity index (χ3n) is 3.14. The Labute approximate surface area is 131 Å². The van der Waals surface area contributed by atoms with Crippen LogP contribution in [0, 0.1) is 10.1 Å². The lowest BCUT2D eigenvalue weighted by atomic mass is 10.1. The molecule has 0 atom stereocenters. The smallest absolute Gasteiger partial charge is 0.269 e. The standard InChI is InChI=1S/C15H16BrN3O2/c1-18(9-11-2-4-13(16)5-3-11)10-12-8-14(19(20)21)6-7-15(12)17/h2-8H,9-10,17H2,1H3. The minimum absolute atomic E-state index is 0.0660. The number of nitrogens with zero attached hydrogens (tertiary/aromatic N) is 2. The fourth-order valence-electron chi connectivity index (χ4n) is 2.09. The van der Waals surface area contributed by atoms with E-state index in [9.17, 15) is 10.1 Å². The fraction of sp³-hybridized carbons (Fsp3) is 0.200. The van der Waals surface area contributed by atoms with Gasteiger partial charge in [0, 0.05) is 35.4 Å². The molecule has 2 aromatic rings. The van der Waals surface area contributed by atoms with Crippen LogP contribution in [0.15, 0.2) is 46.9 Å². The normalized spacial score (nSPS) is 10.8. The minimum Gasteiger partial charge on any atom is -0.398 e. The Morgan fingerprint density at radius 1 is 1.19 bits per heavy atom. The lowest BCUT2D eigenvalue weighted by molar-refractivity contribution is -0.384. The zero-order valence-corrected chi connectivity index (χ0v) is 13.2. The van der Waals surface area contributed by atoms with E-state index in [1.54, 1.807) is 6.07 Å². The molecule has 2 aromatic carbocycles. The summed E-state index contributed by atoms with van der Waals surface area (Å²) < 4.78 is 1.04.